The molecule has 0 saturated carbocycles. The smallest absolute Gasteiger partial charge is 0.325 e. The molecule has 0 bridgehead atoms. The second-order valence-electron chi connectivity index (χ2n) is 7.56. The molecular formula is C18H25N3O4S. The van der Waals surface area contributed by atoms with Gasteiger partial charge in [0, 0.05) is 11.7 Å². The van der Waals surface area contributed by atoms with Gasteiger partial charge < -0.3 is 10.2 Å². The average molecular weight is 379 g/mol. The second-order valence-corrected chi connectivity index (χ2v) is 9.71. The topological polar surface area (TPSA) is 86.8 Å². The van der Waals surface area contributed by atoms with Gasteiger partial charge in [0.15, 0.2) is 9.84 Å². The van der Waals surface area contributed by atoms with Crippen molar-refractivity contribution in [2.75, 3.05) is 23.0 Å². The molecule has 2 aliphatic rings. The van der Waals surface area contributed by atoms with Gasteiger partial charge in [0.2, 0.25) is 5.91 Å². The average Bonchev–Trinajstić information content (AvgIpc) is 2.89. The van der Waals surface area contributed by atoms with Gasteiger partial charge in [0.05, 0.1) is 23.6 Å². The lowest BCUT2D eigenvalue weighted by Crippen LogP contribution is -2.45. The van der Waals surface area contributed by atoms with Crippen LogP contribution in [0.4, 0.5) is 10.5 Å². The molecule has 3 rings (SSSR count). The van der Waals surface area contributed by atoms with Gasteiger partial charge in [-0.3, -0.25) is 9.69 Å². The molecule has 1 aromatic carbocycles. The Morgan fingerprint density at radius 2 is 1.73 bits per heavy atom. The highest BCUT2D eigenvalue weighted by atomic mass is 32.2. The summed E-state index contributed by atoms with van der Waals surface area (Å²) in [5.41, 5.74) is 2.69. The molecule has 2 aliphatic heterocycles. The number of urea groups is 1. The molecule has 3 amide bonds. The van der Waals surface area contributed by atoms with Crippen LogP contribution in [-0.2, 0) is 14.6 Å². The number of anilines is 1. The van der Waals surface area contributed by atoms with Crippen molar-refractivity contribution in [3.8, 4) is 0 Å². The van der Waals surface area contributed by atoms with E-state index >= 15 is 0 Å². The first-order valence-electron chi connectivity index (χ1n) is 8.75. The number of amides is 3. The van der Waals surface area contributed by atoms with Crippen molar-refractivity contribution >= 4 is 27.5 Å². The Bertz CT molecular complexity index is 830. The highest BCUT2D eigenvalue weighted by Crippen LogP contribution is 2.35. The molecule has 8 heteroatoms. The summed E-state index contributed by atoms with van der Waals surface area (Å²) in [4.78, 5) is 28.2. The maximum Gasteiger partial charge on any atom is 0.325 e. The predicted octanol–water partition coefficient (Wildman–Crippen LogP) is 1.24. The van der Waals surface area contributed by atoms with Crippen molar-refractivity contribution < 1.29 is 18.0 Å². The molecule has 0 radical (unpaired) electrons. The standard InChI is InChI=1S/C18H25N3O4S/c1-11(2)19-17(22)8-20-15-9-26(24,25)10-16(15)21(18(20)23)14-6-12(3)5-13(4)7-14/h5-7,11,15-16H,8-10H2,1-4H3,(H,19,22)/t15-,16-/m1/s1. The van der Waals surface area contributed by atoms with Gasteiger partial charge in [0.25, 0.3) is 0 Å². The molecule has 2 heterocycles. The Labute approximate surface area is 154 Å². The Balaban J connectivity index is 1.95. The van der Waals surface area contributed by atoms with Crippen molar-refractivity contribution in [3.05, 3.63) is 29.3 Å². The summed E-state index contributed by atoms with van der Waals surface area (Å²) in [6.45, 7) is 7.43. The number of hydrogen-bond donors (Lipinski definition) is 1. The molecule has 0 aromatic heterocycles. The highest BCUT2D eigenvalue weighted by molar-refractivity contribution is 7.91. The van der Waals surface area contributed by atoms with Crippen LogP contribution in [0.2, 0.25) is 0 Å². The van der Waals surface area contributed by atoms with Crippen molar-refractivity contribution in [1.29, 1.82) is 0 Å². The third-order valence-electron chi connectivity index (χ3n) is 4.73. The van der Waals surface area contributed by atoms with Crippen molar-refractivity contribution in [2.45, 2.75) is 45.8 Å². The van der Waals surface area contributed by atoms with Crippen LogP contribution in [0.3, 0.4) is 0 Å². The van der Waals surface area contributed by atoms with Gasteiger partial charge in [-0.25, -0.2) is 13.2 Å². The molecule has 142 valence electrons. The molecule has 2 saturated heterocycles. The fourth-order valence-corrected chi connectivity index (χ4v) is 5.83. The maximum absolute atomic E-state index is 13.1. The first-order valence-corrected chi connectivity index (χ1v) is 10.6. The fraction of sp³-hybridized carbons (Fsp3) is 0.556. The van der Waals surface area contributed by atoms with E-state index in [2.05, 4.69) is 5.32 Å². The van der Waals surface area contributed by atoms with Gasteiger partial charge >= 0.3 is 6.03 Å². The molecule has 0 unspecified atom stereocenters. The lowest BCUT2D eigenvalue weighted by molar-refractivity contribution is -0.122. The number of nitrogens with zero attached hydrogens (tertiary/aromatic N) is 2. The van der Waals surface area contributed by atoms with Crippen LogP contribution in [0.25, 0.3) is 0 Å². The zero-order valence-corrected chi connectivity index (χ0v) is 16.3. The largest absolute Gasteiger partial charge is 0.352 e. The molecular weight excluding hydrogens is 354 g/mol. The normalized spacial score (nSPS) is 24.3. The molecule has 2 fully saturated rings. The minimum Gasteiger partial charge on any atom is -0.352 e. The highest BCUT2D eigenvalue weighted by Gasteiger charge is 2.54. The Hall–Kier alpha value is -2.09. The minimum absolute atomic E-state index is 0.0427. The zero-order valence-electron chi connectivity index (χ0n) is 15.5. The maximum atomic E-state index is 13.1. The molecule has 0 aliphatic carbocycles. The number of nitrogens with one attached hydrogen (secondary N) is 1. The molecule has 2 atom stereocenters. The second kappa shape index (κ2) is 6.57. The van der Waals surface area contributed by atoms with Crippen LogP contribution < -0.4 is 10.2 Å². The van der Waals surface area contributed by atoms with Gasteiger partial charge in [0.1, 0.15) is 6.54 Å². The number of hydrogen-bond acceptors (Lipinski definition) is 4. The minimum atomic E-state index is -3.25. The van der Waals surface area contributed by atoms with Crippen molar-refractivity contribution in [3.63, 3.8) is 0 Å². The number of carbonyl (C=O) groups is 2. The van der Waals surface area contributed by atoms with Gasteiger partial charge in [-0.05, 0) is 51.0 Å². The van der Waals surface area contributed by atoms with E-state index in [1.807, 2.05) is 45.9 Å². The summed E-state index contributed by atoms with van der Waals surface area (Å²) >= 11 is 0. The third kappa shape index (κ3) is 3.56. The Morgan fingerprint density at radius 1 is 1.15 bits per heavy atom. The van der Waals surface area contributed by atoms with Crippen LogP contribution in [0, 0.1) is 13.8 Å². The summed E-state index contributed by atoms with van der Waals surface area (Å²) in [5.74, 6) is -0.447. The van der Waals surface area contributed by atoms with Crippen LogP contribution in [0.5, 0.6) is 0 Å². The number of fused-ring (bicyclic) bond motifs is 1. The van der Waals surface area contributed by atoms with Crippen LogP contribution in [-0.4, -0.2) is 61.4 Å². The third-order valence-corrected chi connectivity index (χ3v) is 6.42. The van der Waals surface area contributed by atoms with E-state index in [0.717, 1.165) is 11.1 Å². The molecule has 1 N–H and O–H groups in total. The summed E-state index contributed by atoms with van der Waals surface area (Å²) < 4.78 is 24.4. The van der Waals surface area contributed by atoms with E-state index < -0.39 is 21.9 Å². The van der Waals surface area contributed by atoms with Crippen LogP contribution in [0.1, 0.15) is 25.0 Å². The summed E-state index contributed by atoms with van der Waals surface area (Å²) in [5, 5.41) is 2.76. The fourth-order valence-electron chi connectivity index (χ4n) is 3.88. The quantitative estimate of drug-likeness (QED) is 0.798. The van der Waals surface area contributed by atoms with E-state index in [-0.39, 0.29) is 36.0 Å². The van der Waals surface area contributed by atoms with Crippen LogP contribution >= 0.6 is 0 Å². The van der Waals surface area contributed by atoms with Gasteiger partial charge in [-0.2, -0.15) is 0 Å². The summed E-state index contributed by atoms with van der Waals surface area (Å²) in [6.07, 6.45) is 0. The molecule has 0 spiro atoms. The summed E-state index contributed by atoms with van der Waals surface area (Å²) in [6, 6.07) is 4.46. The molecule has 1 aromatic rings. The van der Waals surface area contributed by atoms with E-state index in [0.29, 0.717) is 5.69 Å². The van der Waals surface area contributed by atoms with Crippen molar-refractivity contribution in [2.24, 2.45) is 0 Å². The van der Waals surface area contributed by atoms with Gasteiger partial charge in [-0.15, -0.1) is 0 Å². The number of aryl methyl sites for hydroxylation is 2. The van der Waals surface area contributed by atoms with E-state index in [1.54, 1.807) is 4.90 Å². The molecule has 7 nitrogen and oxygen atoms in total. The van der Waals surface area contributed by atoms with Gasteiger partial charge in [-0.1, -0.05) is 6.07 Å². The SMILES string of the molecule is Cc1cc(C)cc(N2C(=O)N(CC(=O)NC(C)C)[C@@H]3CS(=O)(=O)C[C@H]32)c1. The Morgan fingerprint density at radius 3 is 2.31 bits per heavy atom. The van der Waals surface area contributed by atoms with E-state index in [4.69, 9.17) is 0 Å². The number of sulfone groups is 1. The van der Waals surface area contributed by atoms with E-state index in [1.165, 1.54) is 4.90 Å². The Kier molecular flexibility index (Phi) is 4.72. The van der Waals surface area contributed by atoms with E-state index in [9.17, 15) is 18.0 Å². The first kappa shape index (κ1) is 18.7. The lowest BCUT2D eigenvalue weighted by atomic mass is 10.1. The number of carbonyl (C=O) groups excluding carboxylic acids is 2. The monoisotopic (exact) mass is 379 g/mol. The lowest BCUT2D eigenvalue weighted by Gasteiger charge is -2.23. The number of benzene rings is 1. The summed E-state index contributed by atoms with van der Waals surface area (Å²) in [7, 11) is -3.25. The zero-order chi connectivity index (χ0) is 19.2. The molecule has 26 heavy (non-hydrogen) atoms. The van der Waals surface area contributed by atoms with Crippen molar-refractivity contribution in [1.82, 2.24) is 10.2 Å². The number of rotatable bonds is 4. The first-order chi connectivity index (χ1) is 12.1. The van der Waals surface area contributed by atoms with Crippen LogP contribution in [0.15, 0.2) is 18.2 Å². The predicted molar refractivity (Wildman–Crippen MR) is 100 cm³/mol.